The van der Waals surface area contributed by atoms with E-state index in [1.54, 1.807) is 34.2 Å². The number of piperidine rings is 1. The summed E-state index contributed by atoms with van der Waals surface area (Å²) in [6, 6.07) is 5.41. The lowest BCUT2D eigenvalue weighted by atomic mass is 10.0. The molecule has 0 radical (unpaired) electrons. The third-order valence-corrected chi connectivity index (χ3v) is 5.56. The number of likely N-dealkylation sites (tertiary alicyclic amines) is 1. The van der Waals surface area contributed by atoms with Gasteiger partial charge < -0.3 is 19.4 Å². The summed E-state index contributed by atoms with van der Waals surface area (Å²) in [5.41, 5.74) is 1.21. The maximum atomic E-state index is 13.3. The summed E-state index contributed by atoms with van der Waals surface area (Å²) >= 11 is 0. The van der Waals surface area contributed by atoms with Crippen LogP contribution < -0.4 is 5.32 Å². The van der Waals surface area contributed by atoms with Crippen molar-refractivity contribution in [1.29, 1.82) is 0 Å². The van der Waals surface area contributed by atoms with Crippen molar-refractivity contribution in [2.75, 3.05) is 13.1 Å². The maximum Gasteiger partial charge on any atom is 0.410 e. The molecule has 1 N–H and O–H groups in total. The number of carbonyl (C=O) groups is 2. The molecule has 176 valence electrons. The molecule has 3 aromatic rings. The number of nitrogens with one attached hydrogen (secondary N) is 1. The lowest BCUT2D eigenvalue weighted by Gasteiger charge is -2.33. The van der Waals surface area contributed by atoms with E-state index < -0.39 is 5.60 Å². The third kappa shape index (κ3) is 5.02. The zero-order chi connectivity index (χ0) is 23.8. The highest BCUT2D eigenvalue weighted by Gasteiger charge is 2.28. The Hall–Kier alpha value is -3.36. The predicted octanol–water partition coefficient (Wildman–Crippen LogP) is 4.40. The van der Waals surface area contributed by atoms with E-state index in [0.717, 1.165) is 0 Å². The number of fused-ring (bicyclic) bond motifs is 1. The third-order valence-electron chi connectivity index (χ3n) is 5.56. The molecule has 0 bridgehead atoms. The van der Waals surface area contributed by atoms with Crippen molar-refractivity contribution in [2.45, 2.75) is 65.1 Å². The van der Waals surface area contributed by atoms with Gasteiger partial charge in [0.2, 0.25) is 0 Å². The standard InChI is InChI=1S/C24H31N5O4/c1-15(2)29-21-18(14-25-29)17(13-19(27-21)20-7-6-12-32-20)22(30)26-16-8-10-28(11-9-16)23(31)33-24(3,4)5/h6-7,12-16H,8-11H2,1-5H3,(H,26,30). The van der Waals surface area contributed by atoms with Crippen molar-refractivity contribution >= 4 is 23.0 Å². The number of pyridine rings is 1. The number of furan rings is 1. The zero-order valence-corrected chi connectivity index (χ0v) is 19.8. The molecule has 2 amide bonds. The van der Waals surface area contributed by atoms with E-state index in [-0.39, 0.29) is 24.1 Å². The Labute approximate surface area is 193 Å². The fourth-order valence-electron chi connectivity index (χ4n) is 3.93. The van der Waals surface area contributed by atoms with Gasteiger partial charge in [0.05, 0.1) is 23.4 Å². The Morgan fingerprint density at radius 2 is 1.97 bits per heavy atom. The smallest absolute Gasteiger partial charge is 0.410 e. The second-order valence-corrected chi connectivity index (χ2v) is 9.67. The number of carbonyl (C=O) groups excluding carboxylic acids is 2. The lowest BCUT2D eigenvalue weighted by Crippen LogP contribution is -2.47. The highest BCUT2D eigenvalue weighted by atomic mass is 16.6. The first-order chi connectivity index (χ1) is 15.6. The van der Waals surface area contributed by atoms with Crippen LogP contribution in [0.3, 0.4) is 0 Å². The molecule has 1 aliphatic heterocycles. The summed E-state index contributed by atoms with van der Waals surface area (Å²) in [6.45, 7) is 10.7. The molecular weight excluding hydrogens is 422 g/mol. The first kappa shape index (κ1) is 22.8. The Morgan fingerprint density at radius 3 is 2.58 bits per heavy atom. The van der Waals surface area contributed by atoms with Gasteiger partial charge in [-0.2, -0.15) is 5.10 Å². The summed E-state index contributed by atoms with van der Waals surface area (Å²) < 4.78 is 12.8. The predicted molar refractivity (Wildman–Crippen MR) is 124 cm³/mol. The monoisotopic (exact) mass is 453 g/mol. The van der Waals surface area contributed by atoms with Crippen molar-refractivity contribution in [3.05, 3.63) is 36.2 Å². The second kappa shape index (κ2) is 8.88. The zero-order valence-electron chi connectivity index (χ0n) is 19.8. The molecule has 9 heteroatoms. The average molecular weight is 454 g/mol. The van der Waals surface area contributed by atoms with Gasteiger partial charge in [-0.05, 0) is 65.7 Å². The quantitative estimate of drug-likeness (QED) is 0.628. The fourth-order valence-corrected chi connectivity index (χ4v) is 3.93. The molecule has 4 rings (SSSR count). The van der Waals surface area contributed by atoms with Crippen molar-refractivity contribution in [2.24, 2.45) is 0 Å². The van der Waals surface area contributed by atoms with Crippen LogP contribution in [0.2, 0.25) is 0 Å². The summed E-state index contributed by atoms with van der Waals surface area (Å²) in [5.74, 6) is 0.405. The molecule has 3 aromatic heterocycles. The molecule has 0 saturated carbocycles. The normalized spacial score (nSPS) is 15.3. The van der Waals surface area contributed by atoms with Crippen LogP contribution >= 0.6 is 0 Å². The van der Waals surface area contributed by atoms with Gasteiger partial charge in [-0.15, -0.1) is 0 Å². The van der Waals surface area contributed by atoms with E-state index in [9.17, 15) is 9.59 Å². The highest BCUT2D eigenvalue weighted by molar-refractivity contribution is 6.06. The van der Waals surface area contributed by atoms with Crippen LogP contribution in [-0.4, -0.2) is 56.4 Å². The van der Waals surface area contributed by atoms with Gasteiger partial charge in [0, 0.05) is 25.2 Å². The van der Waals surface area contributed by atoms with Crippen LogP contribution in [0.5, 0.6) is 0 Å². The van der Waals surface area contributed by atoms with Crippen molar-refractivity contribution in [1.82, 2.24) is 25.0 Å². The molecule has 0 spiro atoms. The SMILES string of the molecule is CC(C)n1ncc2c(C(=O)NC3CCN(C(=O)OC(C)(C)C)CC3)cc(-c3ccco3)nc21. The number of amides is 2. The van der Waals surface area contributed by atoms with Crippen LogP contribution in [-0.2, 0) is 4.74 Å². The minimum Gasteiger partial charge on any atom is -0.463 e. The summed E-state index contributed by atoms with van der Waals surface area (Å²) in [5, 5.41) is 8.28. The maximum absolute atomic E-state index is 13.3. The summed E-state index contributed by atoms with van der Waals surface area (Å²) in [6.07, 6.45) is 4.28. The highest BCUT2D eigenvalue weighted by Crippen LogP contribution is 2.27. The molecule has 0 unspecified atom stereocenters. The van der Waals surface area contributed by atoms with E-state index in [2.05, 4.69) is 10.4 Å². The van der Waals surface area contributed by atoms with Gasteiger partial charge in [0.25, 0.3) is 5.91 Å². The second-order valence-electron chi connectivity index (χ2n) is 9.67. The fraction of sp³-hybridized carbons (Fsp3) is 0.500. The van der Waals surface area contributed by atoms with Crippen LogP contribution in [0.15, 0.2) is 35.1 Å². The van der Waals surface area contributed by atoms with Crippen LogP contribution in [0, 0.1) is 0 Å². The van der Waals surface area contributed by atoms with Gasteiger partial charge in [0.15, 0.2) is 11.4 Å². The minimum absolute atomic E-state index is 0.0355. The number of nitrogens with zero attached hydrogens (tertiary/aromatic N) is 4. The van der Waals surface area contributed by atoms with Gasteiger partial charge >= 0.3 is 6.09 Å². The lowest BCUT2D eigenvalue weighted by molar-refractivity contribution is 0.0199. The van der Waals surface area contributed by atoms with E-state index in [1.807, 2.05) is 40.7 Å². The molecular formula is C24H31N5O4. The van der Waals surface area contributed by atoms with E-state index in [4.69, 9.17) is 14.1 Å². The number of hydrogen-bond acceptors (Lipinski definition) is 6. The summed E-state index contributed by atoms with van der Waals surface area (Å²) in [4.78, 5) is 32.0. The van der Waals surface area contributed by atoms with Crippen LogP contribution in [0.25, 0.3) is 22.5 Å². The Kier molecular flexibility index (Phi) is 6.14. The number of aromatic nitrogens is 3. The number of hydrogen-bond donors (Lipinski definition) is 1. The molecule has 33 heavy (non-hydrogen) atoms. The number of ether oxygens (including phenoxy) is 1. The van der Waals surface area contributed by atoms with E-state index in [0.29, 0.717) is 54.0 Å². The Balaban J connectivity index is 1.52. The van der Waals surface area contributed by atoms with Gasteiger partial charge in [-0.3, -0.25) is 4.79 Å². The first-order valence-corrected chi connectivity index (χ1v) is 11.3. The molecule has 0 atom stereocenters. The first-order valence-electron chi connectivity index (χ1n) is 11.3. The van der Waals surface area contributed by atoms with Crippen molar-refractivity contribution in [3.63, 3.8) is 0 Å². The molecule has 0 aliphatic carbocycles. The molecule has 0 aromatic carbocycles. The van der Waals surface area contributed by atoms with Crippen molar-refractivity contribution < 1.29 is 18.7 Å². The molecule has 9 nitrogen and oxygen atoms in total. The summed E-state index contributed by atoms with van der Waals surface area (Å²) in [7, 11) is 0. The van der Waals surface area contributed by atoms with Crippen LogP contribution in [0.1, 0.15) is 63.9 Å². The molecule has 4 heterocycles. The topological polar surface area (TPSA) is 102 Å². The van der Waals surface area contributed by atoms with Gasteiger partial charge in [0.1, 0.15) is 11.3 Å². The largest absolute Gasteiger partial charge is 0.463 e. The van der Waals surface area contributed by atoms with E-state index in [1.165, 1.54) is 0 Å². The molecule has 1 aliphatic rings. The Bertz CT molecular complexity index is 1140. The minimum atomic E-state index is -0.527. The van der Waals surface area contributed by atoms with Crippen molar-refractivity contribution in [3.8, 4) is 11.5 Å². The van der Waals surface area contributed by atoms with Crippen LogP contribution in [0.4, 0.5) is 4.79 Å². The average Bonchev–Trinajstić information content (AvgIpc) is 3.42. The Morgan fingerprint density at radius 1 is 1.24 bits per heavy atom. The van der Waals surface area contributed by atoms with Gasteiger partial charge in [-0.1, -0.05) is 0 Å². The molecule has 1 saturated heterocycles. The number of rotatable bonds is 4. The van der Waals surface area contributed by atoms with E-state index >= 15 is 0 Å². The van der Waals surface area contributed by atoms with Gasteiger partial charge in [-0.25, -0.2) is 14.5 Å². The molecule has 1 fully saturated rings.